The molecule has 1 aliphatic rings. The monoisotopic (exact) mass is 489 g/mol. The van der Waals surface area contributed by atoms with Crippen LogP contribution in [-0.2, 0) is 23.3 Å². The minimum atomic E-state index is -0.621. The fraction of sp³-hybridized carbons (Fsp3) is 0.381. The first-order valence-corrected chi connectivity index (χ1v) is 11.5. The highest BCUT2D eigenvalue weighted by Crippen LogP contribution is 2.26. The van der Waals surface area contributed by atoms with Gasteiger partial charge in [-0.05, 0) is 17.7 Å². The fourth-order valence-corrected chi connectivity index (χ4v) is 4.38. The van der Waals surface area contributed by atoms with E-state index in [1.165, 1.54) is 35.7 Å². The van der Waals surface area contributed by atoms with Gasteiger partial charge in [0.15, 0.2) is 5.16 Å². The van der Waals surface area contributed by atoms with Crippen LogP contribution in [0.1, 0.15) is 6.92 Å². The lowest BCUT2D eigenvalue weighted by molar-refractivity contribution is -0.128. The van der Waals surface area contributed by atoms with Crippen molar-refractivity contribution in [3.8, 4) is 11.1 Å². The Morgan fingerprint density at radius 1 is 1.24 bits per heavy atom. The van der Waals surface area contributed by atoms with Crippen LogP contribution in [0.5, 0.6) is 0 Å². The smallest absolute Gasteiger partial charge is 0.365 e. The molecule has 11 nitrogen and oxygen atoms in total. The highest BCUT2D eigenvalue weighted by atomic mass is 32.2. The second kappa shape index (κ2) is 10.1. The van der Waals surface area contributed by atoms with Gasteiger partial charge in [0, 0.05) is 40.2 Å². The Hall–Kier alpha value is -3.61. The number of anilines is 1. The van der Waals surface area contributed by atoms with Crippen LogP contribution < -0.4 is 15.8 Å². The van der Waals surface area contributed by atoms with Crippen LogP contribution in [0.15, 0.2) is 45.2 Å². The number of carbonyl (C=O) groups excluding carboxylic acids is 2. The molecule has 2 amide bonds. The predicted octanol–water partition coefficient (Wildman–Crippen LogP) is 0.910. The zero-order valence-corrected chi connectivity index (χ0v) is 19.5. The summed E-state index contributed by atoms with van der Waals surface area (Å²) >= 11 is 1.33. The summed E-state index contributed by atoms with van der Waals surface area (Å²) in [6.07, 6.45) is 3.01. The van der Waals surface area contributed by atoms with E-state index in [1.54, 1.807) is 27.9 Å². The van der Waals surface area contributed by atoms with Gasteiger partial charge in [0.25, 0.3) is 0 Å². The molecule has 4 rings (SSSR count). The molecule has 1 aliphatic heterocycles. The predicted molar refractivity (Wildman–Crippen MR) is 123 cm³/mol. The van der Waals surface area contributed by atoms with Crippen molar-refractivity contribution < 1.29 is 18.5 Å². The summed E-state index contributed by atoms with van der Waals surface area (Å²) in [5, 5.41) is 10.9. The summed E-state index contributed by atoms with van der Waals surface area (Å²) in [6, 6.07) is 4.57. The Labute approximate surface area is 198 Å². The first kappa shape index (κ1) is 23.5. The van der Waals surface area contributed by atoms with Crippen molar-refractivity contribution in [1.82, 2.24) is 29.7 Å². The molecule has 3 aromatic rings. The molecule has 0 saturated carbocycles. The van der Waals surface area contributed by atoms with E-state index in [0.717, 1.165) is 0 Å². The summed E-state index contributed by atoms with van der Waals surface area (Å²) in [5.74, 6) is -0.470. The van der Waals surface area contributed by atoms with Gasteiger partial charge in [0.2, 0.25) is 11.8 Å². The highest BCUT2D eigenvalue weighted by molar-refractivity contribution is 7.99. The second-order valence-corrected chi connectivity index (χ2v) is 8.72. The molecule has 180 valence electrons. The zero-order chi connectivity index (χ0) is 24.2. The molecule has 3 heterocycles. The third kappa shape index (κ3) is 5.30. The number of benzene rings is 1. The summed E-state index contributed by atoms with van der Waals surface area (Å²) in [4.78, 5) is 39.3. The largest absolute Gasteiger partial charge is 0.366 e. The van der Waals surface area contributed by atoms with Crippen molar-refractivity contribution in [2.45, 2.75) is 18.7 Å². The molecule has 0 bridgehead atoms. The standard InChI is InChI=1S/C21H24FN7O4S/c1-14(30)23-12-29-10-16(20(32)33-29)15-3-4-18(17(22)9-15)27-5-7-28(8-6-27)19(31)11-34-21-25-24-13-26(21)2/h3-4,9-10,13H,5-8,11-12H2,1-2H3,(H,23,30). The quantitative estimate of drug-likeness (QED) is 0.487. The first-order valence-electron chi connectivity index (χ1n) is 10.6. The molecule has 0 unspecified atom stereocenters. The number of amides is 2. The molecular formula is C21H24FN7O4S. The van der Waals surface area contributed by atoms with Gasteiger partial charge in [-0.15, -0.1) is 10.2 Å². The summed E-state index contributed by atoms with van der Waals surface area (Å²) in [7, 11) is 1.82. The molecule has 13 heteroatoms. The van der Waals surface area contributed by atoms with Gasteiger partial charge in [-0.2, -0.15) is 4.74 Å². The lowest BCUT2D eigenvalue weighted by Gasteiger charge is -2.36. The van der Waals surface area contributed by atoms with Crippen LogP contribution in [0.2, 0.25) is 0 Å². The van der Waals surface area contributed by atoms with E-state index in [4.69, 9.17) is 4.52 Å². The number of halogens is 1. The number of nitrogens with zero attached hydrogens (tertiary/aromatic N) is 6. The summed E-state index contributed by atoms with van der Waals surface area (Å²) < 4.78 is 22.9. The van der Waals surface area contributed by atoms with Crippen molar-refractivity contribution in [2.75, 3.05) is 36.8 Å². The van der Waals surface area contributed by atoms with Crippen LogP contribution in [0.4, 0.5) is 10.1 Å². The molecule has 1 aromatic carbocycles. The Balaban J connectivity index is 1.36. The average Bonchev–Trinajstić information content (AvgIpc) is 3.40. The van der Waals surface area contributed by atoms with Crippen LogP contribution in [0.3, 0.4) is 0 Å². The number of nitrogens with one attached hydrogen (secondary N) is 1. The van der Waals surface area contributed by atoms with Gasteiger partial charge >= 0.3 is 5.63 Å². The van der Waals surface area contributed by atoms with Gasteiger partial charge in [-0.25, -0.2) is 9.18 Å². The molecule has 1 N–H and O–H groups in total. The van der Waals surface area contributed by atoms with Crippen LogP contribution in [0.25, 0.3) is 11.1 Å². The number of piperazine rings is 1. The molecule has 0 aliphatic carbocycles. The van der Waals surface area contributed by atoms with E-state index in [1.807, 2.05) is 11.9 Å². The van der Waals surface area contributed by atoms with Gasteiger partial charge in [-0.1, -0.05) is 17.8 Å². The number of aryl methyl sites for hydroxylation is 1. The molecule has 0 radical (unpaired) electrons. The molecule has 0 atom stereocenters. The summed E-state index contributed by atoms with van der Waals surface area (Å²) in [5.41, 5.74) is 0.369. The van der Waals surface area contributed by atoms with Crippen molar-refractivity contribution in [1.29, 1.82) is 0 Å². The maximum Gasteiger partial charge on any atom is 0.365 e. The second-order valence-electron chi connectivity index (χ2n) is 7.78. The minimum Gasteiger partial charge on any atom is -0.366 e. The number of aromatic nitrogens is 4. The Bertz CT molecular complexity index is 1250. The normalized spacial score (nSPS) is 13.9. The van der Waals surface area contributed by atoms with E-state index in [9.17, 15) is 18.8 Å². The fourth-order valence-electron chi connectivity index (χ4n) is 3.59. The molecule has 2 aromatic heterocycles. The Morgan fingerprint density at radius 2 is 2.00 bits per heavy atom. The average molecular weight is 490 g/mol. The van der Waals surface area contributed by atoms with E-state index in [0.29, 0.717) is 42.6 Å². The lowest BCUT2D eigenvalue weighted by Crippen LogP contribution is -2.49. The van der Waals surface area contributed by atoms with Crippen molar-refractivity contribution in [3.63, 3.8) is 0 Å². The molecule has 0 spiro atoms. The van der Waals surface area contributed by atoms with E-state index in [-0.39, 0.29) is 29.8 Å². The van der Waals surface area contributed by atoms with E-state index < -0.39 is 11.4 Å². The SMILES string of the molecule is CC(=O)NCn1cc(-c2ccc(N3CCN(C(=O)CSc4nncn4C)CC3)c(F)c2)c(=O)o1. The van der Waals surface area contributed by atoms with Crippen molar-refractivity contribution in [2.24, 2.45) is 7.05 Å². The first-order chi connectivity index (χ1) is 16.3. The van der Waals surface area contributed by atoms with Gasteiger partial charge in [0.05, 0.1) is 23.2 Å². The lowest BCUT2D eigenvalue weighted by atomic mass is 10.1. The van der Waals surface area contributed by atoms with Gasteiger partial charge in [-0.3, -0.25) is 9.59 Å². The highest BCUT2D eigenvalue weighted by Gasteiger charge is 2.24. The minimum absolute atomic E-state index is 0.000954. The topological polar surface area (TPSA) is 118 Å². The maximum absolute atomic E-state index is 14.9. The van der Waals surface area contributed by atoms with E-state index >= 15 is 0 Å². The number of carbonyl (C=O) groups is 2. The number of rotatable bonds is 7. The third-order valence-electron chi connectivity index (χ3n) is 5.40. The molecule has 1 saturated heterocycles. The Morgan fingerprint density at radius 3 is 2.65 bits per heavy atom. The number of hydrogen-bond acceptors (Lipinski definition) is 8. The number of thioether (sulfide) groups is 1. The van der Waals surface area contributed by atoms with Crippen LogP contribution in [-0.4, -0.2) is 68.2 Å². The van der Waals surface area contributed by atoms with Gasteiger partial charge < -0.3 is 24.2 Å². The Kier molecular flexibility index (Phi) is 7.01. The number of hydrogen-bond donors (Lipinski definition) is 1. The van der Waals surface area contributed by atoms with E-state index in [2.05, 4.69) is 15.5 Å². The summed E-state index contributed by atoms with van der Waals surface area (Å²) in [6.45, 7) is 3.30. The molecule has 34 heavy (non-hydrogen) atoms. The van der Waals surface area contributed by atoms with Crippen molar-refractivity contribution >= 4 is 29.3 Å². The third-order valence-corrected chi connectivity index (χ3v) is 6.42. The van der Waals surface area contributed by atoms with Crippen molar-refractivity contribution in [3.05, 3.63) is 47.0 Å². The van der Waals surface area contributed by atoms with Gasteiger partial charge in [0.1, 0.15) is 18.8 Å². The van der Waals surface area contributed by atoms with Crippen LogP contribution >= 0.6 is 11.8 Å². The molecular weight excluding hydrogens is 465 g/mol. The maximum atomic E-state index is 14.9. The zero-order valence-electron chi connectivity index (χ0n) is 18.7. The van der Waals surface area contributed by atoms with Crippen LogP contribution in [0, 0.1) is 5.82 Å². The molecule has 1 fully saturated rings.